The van der Waals surface area contributed by atoms with Gasteiger partial charge < -0.3 is 5.32 Å². The van der Waals surface area contributed by atoms with E-state index in [0.29, 0.717) is 23.1 Å². The van der Waals surface area contributed by atoms with Gasteiger partial charge in [-0.1, -0.05) is 6.92 Å². The lowest BCUT2D eigenvalue weighted by Gasteiger charge is -2.06. The lowest BCUT2D eigenvalue weighted by atomic mass is 10.3. The molecule has 2 aromatic heterocycles. The van der Waals surface area contributed by atoms with Crippen LogP contribution in [0, 0.1) is 6.92 Å². The number of aryl methyl sites for hydroxylation is 1. The van der Waals surface area contributed by atoms with Crippen LogP contribution in [0.15, 0.2) is 16.5 Å². The predicted molar refractivity (Wildman–Crippen MR) is 73.6 cm³/mol. The molecule has 7 nitrogen and oxygen atoms in total. The van der Waals surface area contributed by atoms with Crippen LogP contribution in [-0.4, -0.2) is 30.1 Å². The van der Waals surface area contributed by atoms with Gasteiger partial charge >= 0.3 is 0 Å². The Labute approximate surface area is 115 Å². The zero-order chi connectivity index (χ0) is 13.9. The summed E-state index contributed by atoms with van der Waals surface area (Å²) < 4.78 is 27.1. The zero-order valence-electron chi connectivity index (χ0n) is 10.6. The molecule has 0 amide bonds. The van der Waals surface area contributed by atoms with Gasteiger partial charge in [-0.3, -0.25) is 9.82 Å². The average Bonchev–Trinajstić information content (AvgIpc) is 2.95. The summed E-state index contributed by atoms with van der Waals surface area (Å²) in [6, 6.07) is 0. The van der Waals surface area contributed by atoms with E-state index >= 15 is 0 Å². The Morgan fingerprint density at radius 1 is 1.47 bits per heavy atom. The summed E-state index contributed by atoms with van der Waals surface area (Å²) in [4.78, 5) is 4.10. The smallest absolute Gasteiger partial charge is 0.267 e. The quantitative estimate of drug-likeness (QED) is 0.741. The lowest BCUT2D eigenvalue weighted by molar-refractivity contribution is 0.597. The fourth-order valence-corrected chi connectivity index (χ4v) is 3.78. The van der Waals surface area contributed by atoms with Crippen molar-refractivity contribution in [3.05, 3.63) is 23.0 Å². The van der Waals surface area contributed by atoms with Gasteiger partial charge in [0.2, 0.25) is 0 Å². The monoisotopic (exact) mass is 301 g/mol. The molecule has 3 N–H and O–H groups in total. The van der Waals surface area contributed by atoms with E-state index in [4.69, 9.17) is 0 Å². The summed E-state index contributed by atoms with van der Waals surface area (Å²) in [6.07, 6.45) is 1.55. The first kappa shape index (κ1) is 14.0. The number of thiazole rings is 1. The summed E-state index contributed by atoms with van der Waals surface area (Å²) in [7, 11) is -3.67. The van der Waals surface area contributed by atoms with Crippen LogP contribution < -0.4 is 10.0 Å². The molecule has 0 aliphatic carbocycles. The van der Waals surface area contributed by atoms with E-state index in [-0.39, 0.29) is 4.90 Å². The lowest BCUT2D eigenvalue weighted by Crippen LogP contribution is -2.18. The SMILES string of the molecule is CCNCc1n[nH]c(C)c1S(=O)(=O)Nc1nccs1. The van der Waals surface area contributed by atoms with Crippen molar-refractivity contribution < 1.29 is 8.42 Å². The third-order valence-electron chi connectivity index (χ3n) is 2.43. The van der Waals surface area contributed by atoms with Crippen LogP contribution in [-0.2, 0) is 16.6 Å². The van der Waals surface area contributed by atoms with Gasteiger partial charge in [0.1, 0.15) is 4.90 Å². The van der Waals surface area contributed by atoms with Crippen LogP contribution in [0.2, 0.25) is 0 Å². The molecule has 0 saturated heterocycles. The molecule has 0 atom stereocenters. The highest BCUT2D eigenvalue weighted by Gasteiger charge is 2.24. The second-order valence-electron chi connectivity index (χ2n) is 3.85. The van der Waals surface area contributed by atoms with Gasteiger partial charge in [0.05, 0.1) is 11.4 Å². The van der Waals surface area contributed by atoms with Crippen molar-refractivity contribution in [2.45, 2.75) is 25.3 Å². The Morgan fingerprint density at radius 3 is 2.89 bits per heavy atom. The van der Waals surface area contributed by atoms with E-state index in [9.17, 15) is 8.42 Å². The van der Waals surface area contributed by atoms with Crippen molar-refractivity contribution in [1.82, 2.24) is 20.5 Å². The highest BCUT2D eigenvalue weighted by atomic mass is 32.2. The molecule has 0 bridgehead atoms. The van der Waals surface area contributed by atoms with E-state index < -0.39 is 10.0 Å². The number of H-pyrrole nitrogens is 1. The van der Waals surface area contributed by atoms with Crippen LogP contribution >= 0.6 is 11.3 Å². The molecule has 0 radical (unpaired) electrons. The normalized spacial score (nSPS) is 11.7. The molecule has 2 aromatic rings. The highest BCUT2D eigenvalue weighted by Crippen LogP contribution is 2.22. The maximum atomic E-state index is 12.3. The number of hydrogen-bond acceptors (Lipinski definition) is 6. The first-order chi connectivity index (χ1) is 9.04. The van der Waals surface area contributed by atoms with Crippen LogP contribution in [0.4, 0.5) is 5.13 Å². The van der Waals surface area contributed by atoms with E-state index in [1.54, 1.807) is 18.5 Å². The molecular formula is C10H15N5O2S2. The molecule has 9 heteroatoms. The third kappa shape index (κ3) is 3.11. The molecule has 0 aliphatic rings. The fourth-order valence-electron chi connectivity index (χ4n) is 1.63. The number of sulfonamides is 1. The Morgan fingerprint density at radius 2 is 2.26 bits per heavy atom. The minimum Gasteiger partial charge on any atom is -0.311 e. The van der Waals surface area contributed by atoms with Crippen molar-refractivity contribution in [1.29, 1.82) is 0 Å². The van der Waals surface area contributed by atoms with Crippen LogP contribution in [0.3, 0.4) is 0 Å². The summed E-state index contributed by atoms with van der Waals surface area (Å²) in [5, 5.41) is 11.8. The number of aromatic nitrogens is 3. The molecule has 0 aliphatic heterocycles. The van der Waals surface area contributed by atoms with E-state index in [1.165, 1.54) is 11.3 Å². The van der Waals surface area contributed by atoms with E-state index in [1.807, 2.05) is 6.92 Å². The van der Waals surface area contributed by atoms with Gasteiger partial charge in [-0.25, -0.2) is 13.4 Å². The van der Waals surface area contributed by atoms with Gasteiger partial charge in [0.25, 0.3) is 10.0 Å². The number of rotatable bonds is 6. The molecule has 0 aromatic carbocycles. The summed E-state index contributed by atoms with van der Waals surface area (Å²) in [5.74, 6) is 0. The number of aromatic amines is 1. The fraction of sp³-hybridized carbons (Fsp3) is 0.400. The van der Waals surface area contributed by atoms with Crippen molar-refractivity contribution in [3.63, 3.8) is 0 Å². The van der Waals surface area contributed by atoms with Gasteiger partial charge in [-0.15, -0.1) is 11.3 Å². The van der Waals surface area contributed by atoms with Crippen molar-refractivity contribution >= 4 is 26.5 Å². The molecule has 2 rings (SSSR count). The third-order valence-corrected chi connectivity index (χ3v) is 4.79. The van der Waals surface area contributed by atoms with Gasteiger partial charge in [-0.05, 0) is 13.5 Å². The maximum Gasteiger partial charge on any atom is 0.267 e. The number of nitrogens with zero attached hydrogens (tertiary/aromatic N) is 2. The zero-order valence-corrected chi connectivity index (χ0v) is 12.2. The first-order valence-corrected chi connectivity index (χ1v) is 8.07. The molecule has 0 unspecified atom stereocenters. The van der Waals surface area contributed by atoms with Gasteiger partial charge in [0.15, 0.2) is 5.13 Å². The van der Waals surface area contributed by atoms with E-state index in [0.717, 1.165) is 6.54 Å². The first-order valence-electron chi connectivity index (χ1n) is 5.71. The minimum atomic E-state index is -3.67. The summed E-state index contributed by atoms with van der Waals surface area (Å²) in [5.41, 5.74) is 0.986. The van der Waals surface area contributed by atoms with Crippen molar-refractivity contribution in [2.75, 3.05) is 11.3 Å². The number of anilines is 1. The summed E-state index contributed by atoms with van der Waals surface area (Å²) in [6.45, 7) is 4.76. The standard InChI is InChI=1S/C10H15N5O2S2/c1-3-11-6-8-9(7(2)13-14-8)19(16,17)15-10-12-4-5-18-10/h4-5,11H,3,6H2,1-2H3,(H,12,15)(H,13,14). The van der Waals surface area contributed by atoms with Gasteiger partial charge in [0, 0.05) is 18.1 Å². The van der Waals surface area contributed by atoms with Crippen LogP contribution in [0.1, 0.15) is 18.3 Å². The molecule has 0 saturated carbocycles. The summed E-state index contributed by atoms with van der Waals surface area (Å²) >= 11 is 1.23. The number of hydrogen-bond donors (Lipinski definition) is 3. The largest absolute Gasteiger partial charge is 0.311 e. The molecule has 2 heterocycles. The number of nitrogens with one attached hydrogen (secondary N) is 3. The average molecular weight is 301 g/mol. The van der Waals surface area contributed by atoms with Gasteiger partial charge in [-0.2, -0.15) is 5.10 Å². The molecule has 0 fully saturated rings. The molecule has 19 heavy (non-hydrogen) atoms. The van der Waals surface area contributed by atoms with Crippen molar-refractivity contribution in [2.24, 2.45) is 0 Å². The Hall–Kier alpha value is -1.45. The molecular weight excluding hydrogens is 286 g/mol. The molecule has 104 valence electrons. The highest BCUT2D eigenvalue weighted by molar-refractivity contribution is 7.93. The maximum absolute atomic E-state index is 12.3. The van der Waals surface area contributed by atoms with Crippen LogP contribution in [0.25, 0.3) is 0 Å². The Balaban J connectivity index is 2.31. The molecule has 0 spiro atoms. The Bertz CT molecular complexity index is 633. The Kier molecular flexibility index (Phi) is 4.17. The van der Waals surface area contributed by atoms with E-state index in [2.05, 4.69) is 25.2 Å². The minimum absolute atomic E-state index is 0.184. The predicted octanol–water partition coefficient (Wildman–Crippen LogP) is 1.08. The van der Waals surface area contributed by atoms with Crippen molar-refractivity contribution in [3.8, 4) is 0 Å². The second-order valence-corrected chi connectivity index (χ2v) is 6.36. The topological polar surface area (TPSA) is 99.8 Å². The second kappa shape index (κ2) is 5.68. The van der Waals surface area contributed by atoms with Crippen LogP contribution in [0.5, 0.6) is 0 Å².